The monoisotopic (exact) mass is 288 g/mol. The smallest absolute Gasteiger partial charge is 0.166 e. The zero-order valence-electron chi connectivity index (χ0n) is 9.76. The van der Waals surface area contributed by atoms with Gasteiger partial charge in [-0.1, -0.05) is 26.7 Å². The lowest BCUT2D eigenvalue weighted by atomic mass is 10.1. The number of nitrogens with one attached hydrogen (secondary N) is 1. The van der Waals surface area contributed by atoms with Crippen molar-refractivity contribution in [2.24, 2.45) is 5.92 Å². The highest BCUT2D eigenvalue weighted by molar-refractivity contribution is 9.10. The zero-order chi connectivity index (χ0) is 12.0. The molecule has 0 aromatic carbocycles. The lowest BCUT2D eigenvalue weighted by Gasteiger charge is -2.07. The maximum Gasteiger partial charge on any atom is 0.166 e. The number of halogens is 2. The molecule has 0 radical (unpaired) electrons. The summed E-state index contributed by atoms with van der Waals surface area (Å²) in [4.78, 5) is 3.98. The molecule has 0 saturated heterocycles. The minimum Gasteiger partial charge on any atom is -0.368 e. The van der Waals surface area contributed by atoms with Gasteiger partial charge >= 0.3 is 0 Å². The Morgan fingerprint density at radius 3 is 2.81 bits per heavy atom. The van der Waals surface area contributed by atoms with Crippen molar-refractivity contribution < 1.29 is 4.39 Å². The topological polar surface area (TPSA) is 24.9 Å². The number of rotatable bonds is 6. The summed E-state index contributed by atoms with van der Waals surface area (Å²) in [5, 5.41) is 3.01. The maximum atomic E-state index is 13.3. The molecule has 1 aromatic rings. The second-order valence-corrected chi connectivity index (χ2v) is 5.22. The number of hydrogen-bond acceptors (Lipinski definition) is 2. The minimum atomic E-state index is -0.307. The van der Waals surface area contributed by atoms with Crippen LogP contribution >= 0.6 is 15.9 Å². The van der Waals surface area contributed by atoms with Crippen molar-refractivity contribution in [1.82, 2.24) is 4.98 Å². The van der Waals surface area contributed by atoms with Crippen LogP contribution in [0.2, 0.25) is 0 Å². The van der Waals surface area contributed by atoms with Crippen molar-refractivity contribution in [3.05, 3.63) is 22.6 Å². The fraction of sp³-hybridized carbons (Fsp3) is 0.583. The van der Waals surface area contributed by atoms with Crippen LogP contribution in [0.3, 0.4) is 0 Å². The van der Waals surface area contributed by atoms with Crippen LogP contribution in [0.4, 0.5) is 10.2 Å². The summed E-state index contributed by atoms with van der Waals surface area (Å²) in [6.45, 7) is 5.20. The largest absolute Gasteiger partial charge is 0.368 e. The molecular formula is C12H18BrFN2. The number of anilines is 1. The van der Waals surface area contributed by atoms with Crippen molar-refractivity contribution >= 4 is 21.7 Å². The summed E-state index contributed by atoms with van der Waals surface area (Å²) >= 11 is 3.17. The van der Waals surface area contributed by atoms with E-state index in [4.69, 9.17) is 0 Å². The summed E-state index contributed by atoms with van der Waals surface area (Å²) in [7, 11) is 0. The lowest BCUT2D eigenvalue weighted by Crippen LogP contribution is -2.05. The van der Waals surface area contributed by atoms with Gasteiger partial charge in [0, 0.05) is 17.2 Å². The van der Waals surface area contributed by atoms with Gasteiger partial charge in [-0.2, -0.15) is 0 Å². The molecule has 0 bridgehead atoms. The van der Waals surface area contributed by atoms with Crippen molar-refractivity contribution in [1.29, 1.82) is 0 Å². The molecule has 0 fully saturated rings. The molecule has 1 aromatic heterocycles. The van der Waals surface area contributed by atoms with Crippen LogP contribution in [0, 0.1) is 11.7 Å². The van der Waals surface area contributed by atoms with E-state index in [2.05, 4.69) is 40.1 Å². The van der Waals surface area contributed by atoms with Gasteiger partial charge in [-0.05, 0) is 34.3 Å². The average molecular weight is 289 g/mol. The van der Waals surface area contributed by atoms with Crippen LogP contribution in [0.5, 0.6) is 0 Å². The van der Waals surface area contributed by atoms with Crippen molar-refractivity contribution in [3.8, 4) is 0 Å². The second-order valence-electron chi connectivity index (χ2n) is 4.30. The molecule has 0 saturated carbocycles. The molecular weight excluding hydrogens is 271 g/mol. The Morgan fingerprint density at radius 2 is 2.19 bits per heavy atom. The summed E-state index contributed by atoms with van der Waals surface area (Å²) < 4.78 is 14.0. The van der Waals surface area contributed by atoms with Gasteiger partial charge in [0.05, 0.1) is 0 Å². The third-order valence-corrected chi connectivity index (χ3v) is 2.74. The normalized spacial score (nSPS) is 10.8. The number of aromatic nitrogens is 1. The van der Waals surface area contributed by atoms with E-state index in [0.717, 1.165) is 18.9 Å². The Morgan fingerprint density at radius 1 is 1.44 bits per heavy atom. The minimum absolute atomic E-state index is 0.307. The molecule has 0 aliphatic rings. The van der Waals surface area contributed by atoms with E-state index >= 15 is 0 Å². The van der Waals surface area contributed by atoms with Crippen LogP contribution in [-0.2, 0) is 0 Å². The van der Waals surface area contributed by atoms with E-state index in [1.807, 2.05) is 0 Å². The van der Waals surface area contributed by atoms with Crippen molar-refractivity contribution in [3.63, 3.8) is 0 Å². The molecule has 16 heavy (non-hydrogen) atoms. The Hall–Kier alpha value is -0.640. The number of hydrogen-bond donors (Lipinski definition) is 1. The lowest BCUT2D eigenvalue weighted by molar-refractivity contribution is 0.543. The van der Waals surface area contributed by atoms with Gasteiger partial charge < -0.3 is 5.32 Å². The zero-order valence-corrected chi connectivity index (χ0v) is 11.3. The van der Waals surface area contributed by atoms with Crippen LogP contribution in [0.25, 0.3) is 0 Å². The van der Waals surface area contributed by atoms with E-state index in [1.54, 1.807) is 6.20 Å². The molecule has 0 amide bonds. The van der Waals surface area contributed by atoms with Gasteiger partial charge in [-0.15, -0.1) is 0 Å². The average Bonchev–Trinajstić information content (AvgIpc) is 2.20. The fourth-order valence-electron chi connectivity index (χ4n) is 1.43. The molecule has 0 spiro atoms. The predicted octanol–water partition coefficient (Wildman–Crippen LogP) is 4.22. The Balaban J connectivity index is 2.27. The van der Waals surface area contributed by atoms with Crippen molar-refractivity contribution in [2.75, 3.05) is 11.9 Å². The molecule has 2 nitrogen and oxygen atoms in total. The summed E-state index contributed by atoms with van der Waals surface area (Å²) in [6.07, 6.45) is 5.04. The molecule has 0 atom stereocenters. The van der Waals surface area contributed by atoms with E-state index in [-0.39, 0.29) is 5.82 Å². The quantitative estimate of drug-likeness (QED) is 0.793. The number of nitrogens with zero attached hydrogens (tertiary/aromatic N) is 1. The molecule has 0 aliphatic carbocycles. The molecule has 1 N–H and O–H groups in total. The van der Waals surface area contributed by atoms with Gasteiger partial charge in [0.2, 0.25) is 0 Å². The number of pyridine rings is 1. The van der Waals surface area contributed by atoms with Gasteiger partial charge in [-0.3, -0.25) is 0 Å². The van der Waals surface area contributed by atoms with Gasteiger partial charge in [0.1, 0.15) is 0 Å². The van der Waals surface area contributed by atoms with Crippen LogP contribution in [0.15, 0.2) is 16.7 Å². The third kappa shape index (κ3) is 4.92. The van der Waals surface area contributed by atoms with E-state index in [9.17, 15) is 4.39 Å². The van der Waals surface area contributed by atoms with Crippen LogP contribution in [-0.4, -0.2) is 11.5 Å². The molecule has 4 heteroatoms. The Bertz CT molecular complexity index is 329. The summed E-state index contributed by atoms with van der Waals surface area (Å²) in [6, 6.07) is 1.42. The fourth-order valence-corrected chi connectivity index (χ4v) is 1.73. The molecule has 1 heterocycles. The van der Waals surface area contributed by atoms with E-state index in [0.29, 0.717) is 10.3 Å². The van der Waals surface area contributed by atoms with E-state index < -0.39 is 0 Å². The molecule has 1 rings (SSSR count). The first-order valence-electron chi connectivity index (χ1n) is 5.64. The third-order valence-electron chi connectivity index (χ3n) is 2.31. The highest BCUT2D eigenvalue weighted by Gasteiger charge is 2.03. The molecule has 90 valence electrons. The van der Waals surface area contributed by atoms with Gasteiger partial charge in [0.25, 0.3) is 0 Å². The van der Waals surface area contributed by atoms with Crippen LogP contribution < -0.4 is 5.32 Å². The maximum absolute atomic E-state index is 13.3. The first-order valence-corrected chi connectivity index (χ1v) is 6.44. The second kappa shape index (κ2) is 6.84. The van der Waals surface area contributed by atoms with Crippen molar-refractivity contribution in [2.45, 2.75) is 33.1 Å². The number of unbranched alkanes of at least 4 members (excludes halogenated alkanes) is 1. The van der Waals surface area contributed by atoms with Crippen LogP contribution in [0.1, 0.15) is 33.1 Å². The Kier molecular flexibility index (Phi) is 5.74. The SMILES string of the molecule is CC(C)CCCCNc1ncc(Br)cc1F. The Labute approximate surface area is 105 Å². The highest BCUT2D eigenvalue weighted by atomic mass is 79.9. The first-order chi connectivity index (χ1) is 7.59. The molecule has 0 aliphatic heterocycles. The van der Waals surface area contributed by atoms with Gasteiger partial charge in [-0.25, -0.2) is 9.37 Å². The molecule has 0 unspecified atom stereocenters. The van der Waals surface area contributed by atoms with Gasteiger partial charge in [0.15, 0.2) is 11.6 Å². The predicted molar refractivity (Wildman–Crippen MR) is 69.1 cm³/mol. The summed E-state index contributed by atoms with van der Waals surface area (Å²) in [5.74, 6) is 0.772. The highest BCUT2D eigenvalue weighted by Crippen LogP contribution is 2.16. The van der Waals surface area contributed by atoms with E-state index in [1.165, 1.54) is 18.9 Å². The first kappa shape index (κ1) is 13.4. The summed E-state index contributed by atoms with van der Waals surface area (Å²) in [5.41, 5.74) is 0. The standard InChI is InChI=1S/C12H18BrFN2/c1-9(2)5-3-4-6-15-12-11(14)7-10(13)8-16-12/h7-9H,3-6H2,1-2H3,(H,15,16).